The van der Waals surface area contributed by atoms with Crippen molar-refractivity contribution in [1.29, 1.82) is 0 Å². The SMILES string of the molecule is C=C/C=C(C=C)/C(/C=C/N(c1ccc(-c2cccc(-c3ccc4ccccc4c3)c2)cc1)c1ccccc1-c1cccc2c1oc1cc3ccccc3cc12)=C/C=C. The molecule has 58 heavy (non-hydrogen) atoms. The molecule has 0 spiro atoms. The quantitative estimate of drug-likeness (QED) is 0.123. The van der Waals surface area contributed by atoms with Crippen molar-refractivity contribution < 1.29 is 4.42 Å². The zero-order valence-electron chi connectivity index (χ0n) is 32.2. The first kappa shape index (κ1) is 36.0. The molecular weight excluding hydrogens is 703 g/mol. The molecule has 1 heterocycles. The molecule has 0 saturated carbocycles. The number of nitrogens with zero attached hydrogens (tertiary/aromatic N) is 1. The average Bonchev–Trinajstić information content (AvgIpc) is 3.65. The number of hydrogen-bond acceptors (Lipinski definition) is 2. The molecule has 0 fully saturated rings. The third-order valence-corrected chi connectivity index (χ3v) is 10.8. The molecule has 2 heteroatoms. The van der Waals surface area contributed by atoms with E-state index in [1.165, 1.54) is 27.3 Å². The van der Waals surface area contributed by atoms with Gasteiger partial charge in [0.2, 0.25) is 0 Å². The summed E-state index contributed by atoms with van der Waals surface area (Å²) < 4.78 is 6.73. The number of para-hydroxylation sites is 2. The van der Waals surface area contributed by atoms with Gasteiger partial charge in [-0.2, -0.15) is 0 Å². The number of rotatable bonds is 11. The van der Waals surface area contributed by atoms with E-state index in [0.717, 1.165) is 72.1 Å². The smallest absolute Gasteiger partial charge is 0.143 e. The van der Waals surface area contributed by atoms with Crippen LogP contribution in [0.25, 0.3) is 76.9 Å². The first-order valence-electron chi connectivity index (χ1n) is 19.5. The fourth-order valence-corrected chi connectivity index (χ4v) is 7.91. The van der Waals surface area contributed by atoms with Gasteiger partial charge in [0, 0.05) is 33.8 Å². The normalized spacial score (nSPS) is 12.1. The van der Waals surface area contributed by atoms with Crippen molar-refractivity contribution in [3.63, 3.8) is 0 Å². The van der Waals surface area contributed by atoms with Crippen molar-refractivity contribution in [2.75, 3.05) is 4.90 Å². The van der Waals surface area contributed by atoms with Gasteiger partial charge in [-0.05, 0) is 103 Å². The van der Waals surface area contributed by atoms with Crippen LogP contribution in [0.2, 0.25) is 0 Å². The maximum Gasteiger partial charge on any atom is 0.143 e. The molecule has 0 unspecified atom stereocenters. The van der Waals surface area contributed by atoms with Crippen molar-refractivity contribution in [2.45, 2.75) is 0 Å². The third-order valence-electron chi connectivity index (χ3n) is 10.8. The van der Waals surface area contributed by atoms with Crippen molar-refractivity contribution >= 4 is 54.9 Å². The largest absolute Gasteiger partial charge is 0.455 e. The van der Waals surface area contributed by atoms with Crippen LogP contribution in [0.5, 0.6) is 0 Å². The van der Waals surface area contributed by atoms with Crippen LogP contribution < -0.4 is 4.90 Å². The highest BCUT2D eigenvalue weighted by Crippen LogP contribution is 2.43. The summed E-state index contributed by atoms with van der Waals surface area (Å²) in [6, 6.07) is 60.5. The molecule has 0 N–H and O–H groups in total. The van der Waals surface area contributed by atoms with E-state index in [9.17, 15) is 0 Å². The van der Waals surface area contributed by atoms with E-state index in [1.807, 2.05) is 18.2 Å². The van der Waals surface area contributed by atoms with Crippen LogP contribution in [0.1, 0.15) is 0 Å². The Balaban J connectivity index is 1.15. The molecule has 0 amide bonds. The van der Waals surface area contributed by atoms with Crippen LogP contribution in [0.15, 0.2) is 248 Å². The summed E-state index contributed by atoms with van der Waals surface area (Å²) in [5, 5.41) is 7.02. The number of hydrogen-bond donors (Lipinski definition) is 0. The van der Waals surface area contributed by atoms with Gasteiger partial charge in [-0.15, -0.1) is 0 Å². The van der Waals surface area contributed by atoms with Crippen molar-refractivity contribution in [3.8, 4) is 33.4 Å². The number of furan rings is 1. The maximum atomic E-state index is 6.73. The summed E-state index contributed by atoms with van der Waals surface area (Å²) in [7, 11) is 0. The van der Waals surface area contributed by atoms with E-state index in [-0.39, 0.29) is 0 Å². The molecule has 9 aromatic rings. The summed E-state index contributed by atoms with van der Waals surface area (Å²) >= 11 is 0. The highest BCUT2D eigenvalue weighted by Gasteiger charge is 2.19. The summed E-state index contributed by atoms with van der Waals surface area (Å²) in [4.78, 5) is 2.24. The molecular formula is C56H41NO. The van der Waals surface area contributed by atoms with Gasteiger partial charge in [0.15, 0.2) is 0 Å². The predicted molar refractivity (Wildman–Crippen MR) is 250 cm³/mol. The van der Waals surface area contributed by atoms with Crippen LogP contribution in [-0.2, 0) is 0 Å². The van der Waals surface area contributed by atoms with Crippen molar-refractivity contribution in [3.05, 3.63) is 243 Å². The Morgan fingerprint density at radius 3 is 1.83 bits per heavy atom. The molecule has 0 bridgehead atoms. The van der Waals surface area contributed by atoms with E-state index in [1.54, 1.807) is 12.2 Å². The zero-order valence-corrected chi connectivity index (χ0v) is 32.2. The minimum absolute atomic E-state index is 0.862. The Bertz CT molecular complexity index is 3110. The van der Waals surface area contributed by atoms with Gasteiger partial charge >= 0.3 is 0 Å². The fourth-order valence-electron chi connectivity index (χ4n) is 7.91. The molecule has 0 aliphatic carbocycles. The van der Waals surface area contributed by atoms with Gasteiger partial charge in [0.1, 0.15) is 11.2 Å². The molecule has 9 rings (SSSR count). The molecule has 0 aliphatic heterocycles. The number of anilines is 2. The van der Waals surface area contributed by atoms with Crippen LogP contribution in [0.4, 0.5) is 11.4 Å². The number of allylic oxidation sites excluding steroid dienone is 8. The first-order chi connectivity index (χ1) is 28.6. The second kappa shape index (κ2) is 15.8. The first-order valence-corrected chi connectivity index (χ1v) is 19.5. The standard InChI is InChI=1S/C56H41NO/c1-4-15-39(6-3)40(16-5-2)33-34-57(49-31-29-42(30-32-49)44-21-13-22-45(35-44)48-28-27-41-17-7-8-18-43(41)36-48)54-26-12-11-23-50(54)51-24-14-25-52-53-37-46-19-9-10-20-47(46)38-55(53)58-56(51)52/h4-38H,1-3H2/b34-33+,39-15+,40-16+. The molecule has 276 valence electrons. The Hall–Kier alpha value is -7.68. The van der Waals surface area contributed by atoms with E-state index in [4.69, 9.17) is 4.42 Å². The molecule has 0 radical (unpaired) electrons. The molecule has 8 aromatic carbocycles. The van der Waals surface area contributed by atoms with Gasteiger partial charge < -0.3 is 9.32 Å². The Kier molecular flexibility index (Phi) is 9.82. The summed E-state index contributed by atoms with van der Waals surface area (Å²) in [6.45, 7) is 12.0. The number of benzene rings is 8. The molecule has 1 aromatic heterocycles. The molecule has 2 nitrogen and oxygen atoms in total. The summed E-state index contributed by atoms with van der Waals surface area (Å²) in [5.74, 6) is 0. The van der Waals surface area contributed by atoms with Crippen LogP contribution in [0, 0.1) is 0 Å². The Labute approximate surface area is 339 Å². The number of fused-ring (bicyclic) bond motifs is 5. The van der Waals surface area contributed by atoms with Crippen molar-refractivity contribution in [1.82, 2.24) is 0 Å². The van der Waals surface area contributed by atoms with Gasteiger partial charge in [-0.1, -0.05) is 178 Å². The van der Waals surface area contributed by atoms with E-state index in [0.29, 0.717) is 0 Å². The lowest BCUT2D eigenvalue weighted by atomic mass is 9.97. The fraction of sp³-hybridized carbons (Fsp3) is 0. The van der Waals surface area contributed by atoms with Crippen LogP contribution in [0.3, 0.4) is 0 Å². The second-order valence-electron chi connectivity index (χ2n) is 14.3. The van der Waals surface area contributed by atoms with Crippen molar-refractivity contribution in [2.24, 2.45) is 0 Å². The second-order valence-corrected chi connectivity index (χ2v) is 14.3. The van der Waals surface area contributed by atoms with Gasteiger partial charge in [-0.25, -0.2) is 0 Å². The highest BCUT2D eigenvalue weighted by molar-refractivity contribution is 6.14. The maximum absolute atomic E-state index is 6.73. The minimum atomic E-state index is 0.862. The Morgan fingerprint density at radius 2 is 1.07 bits per heavy atom. The Morgan fingerprint density at radius 1 is 0.466 bits per heavy atom. The lowest BCUT2D eigenvalue weighted by Gasteiger charge is -2.25. The van der Waals surface area contributed by atoms with Gasteiger partial charge in [-0.3, -0.25) is 0 Å². The average molecular weight is 744 g/mol. The molecule has 0 saturated heterocycles. The van der Waals surface area contributed by atoms with E-state index in [2.05, 4.69) is 207 Å². The van der Waals surface area contributed by atoms with E-state index >= 15 is 0 Å². The van der Waals surface area contributed by atoms with Crippen LogP contribution >= 0.6 is 0 Å². The predicted octanol–water partition coefficient (Wildman–Crippen LogP) is 16.0. The highest BCUT2D eigenvalue weighted by atomic mass is 16.3. The lowest BCUT2D eigenvalue weighted by molar-refractivity contribution is 0.670. The van der Waals surface area contributed by atoms with Crippen LogP contribution in [-0.4, -0.2) is 0 Å². The lowest BCUT2D eigenvalue weighted by Crippen LogP contribution is -2.10. The third kappa shape index (κ3) is 6.89. The van der Waals surface area contributed by atoms with Gasteiger partial charge in [0.05, 0.1) is 5.69 Å². The van der Waals surface area contributed by atoms with Gasteiger partial charge in [0.25, 0.3) is 0 Å². The summed E-state index contributed by atoms with van der Waals surface area (Å²) in [6.07, 6.45) is 13.6. The molecule has 0 atom stereocenters. The molecule has 0 aliphatic rings. The summed E-state index contributed by atoms with van der Waals surface area (Å²) in [5.41, 5.74) is 12.4. The monoisotopic (exact) mass is 743 g/mol. The topological polar surface area (TPSA) is 16.4 Å². The van der Waals surface area contributed by atoms with E-state index < -0.39 is 0 Å². The zero-order chi connectivity index (χ0) is 39.4. The minimum Gasteiger partial charge on any atom is -0.455 e.